The van der Waals surface area contributed by atoms with E-state index in [-0.39, 0.29) is 30.3 Å². The summed E-state index contributed by atoms with van der Waals surface area (Å²) in [5.41, 5.74) is 0.679. The number of nitrogens with one attached hydrogen (secondary N) is 1. The fourth-order valence-electron chi connectivity index (χ4n) is 2.97. The summed E-state index contributed by atoms with van der Waals surface area (Å²) in [5.74, 6) is -0.391. The molecule has 1 fully saturated rings. The van der Waals surface area contributed by atoms with Gasteiger partial charge in [0.2, 0.25) is 5.91 Å². The lowest BCUT2D eigenvalue weighted by atomic mass is 10.1. The minimum atomic E-state index is -0.265. The molecule has 2 aromatic rings. The molecule has 1 aromatic heterocycles. The predicted octanol–water partition coefficient (Wildman–Crippen LogP) is 2.77. The van der Waals surface area contributed by atoms with Gasteiger partial charge in [-0.05, 0) is 37.1 Å². The number of likely N-dealkylation sites (tertiary alicyclic amines) is 1. The summed E-state index contributed by atoms with van der Waals surface area (Å²) in [5, 5.41) is 3.22. The Labute approximate surface area is 156 Å². The van der Waals surface area contributed by atoms with E-state index in [9.17, 15) is 14.4 Å². The van der Waals surface area contributed by atoms with Crippen LogP contribution in [0.15, 0.2) is 47.4 Å². The van der Waals surface area contributed by atoms with Gasteiger partial charge in [-0.25, -0.2) is 0 Å². The summed E-state index contributed by atoms with van der Waals surface area (Å²) in [6.45, 7) is 1.71. The SMILES string of the molecule is O=C(CCn1ccccc1=O)Nc1ccc(Cl)cc1C(=O)N1CCCC1. The lowest BCUT2D eigenvalue weighted by Crippen LogP contribution is -2.29. The van der Waals surface area contributed by atoms with Crippen molar-refractivity contribution in [3.05, 3.63) is 63.5 Å². The average molecular weight is 374 g/mol. The molecular weight excluding hydrogens is 354 g/mol. The number of hydrogen-bond donors (Lipinski definition) is 1. The Morgan fingerprint density at radius 3 is 2.62 bits per heavy atom. The molecule has 1 N–H and O–H groups in total. The van der Waals surface area contributed by atoms with Crippen LogP contribution in [0.4, 0.5) is 5.69 Å². The number of benzene rings is 1. The molecule has 0 saturated carbocycles. The molecule has 136 valence electrons. The third-order valence-corrected chi connectivity index (χ3v) is 4.59. The van der Waals surface area contributed by atoms with E-state index in [0.29, 0.717) is 16.3 Å². The van der Waals surface area contributed by atoms with Gasteiger partial charge in [-0.2, -0.15) is 0 Å². The molecule has 1 aliphatic rings. The quantitative estimate of drug-likeness (QED) is 0.876. The van der Waals surface area contributed by atoms with E-state index in [1.54, 1.807) is 41.4 Å². The number of aromatic nitrogens is 1. The van der Waals surface area contributed by atoms with Gasteiger partial charge in [0.05, 0.1) is 11.3 Å². The second kappa shape index (κ2) is 8.19. The average Bonchev–Trinajstić information content (AvgIpc) is 3.16. The Balaban J connectivity index is 1.70. The number of anilines is 1. The number of aryl methyl sites for hydroxylation is 1. The van der Waals surface area contributed by atoms with Crippen molar-refractivity contribution in [3.63, 3.8) is 0 Å². The van der Waals surface area contributed by atoms with E-state index in [0.717, 1.165) is 25.9 Å². The maximum atomic E-state index is 12.7. The van der Waals surface area contributed by atoms with Crippen molar-refractivity contribution < 1.29 is 9.59 Å². The molecule has 0 aliphatic carbocycles. The molecule has 0 spiro atoms. The van der Waals surface area contributed by atoms with Gasteiger partial charge >= 0.3 is 0 Å². The van der Waals surface area contributed by atoms with Gasteiger partial charge in [0.1, 0.15) is 0 Å². The van der Waals surface area contributed by atoms with Crippen LogP contribution < -0.4 is 10.9 Å². The minimum Gasteiger partial charge on any atom is -0.339 e. The summed E-state index contributed by atoms with van der Waals surface area (Å²) in [4.78, 5) is 38.4. The molecule has 26 heavy (non-hydrogen) atoms. The van der Waals surface area contributed by atoms with Crippen molar-refractivity contribution >= 4 is 29.1 Å². The summed E-state index contributed by atoms with van der Waals surface area (Å²) >= 11 is 6.04. The fourth-order valence-corrected chi connectivity index (χ4v) is 3.15. The topological polar surface area (TPSA) is 71.4 Å². The molecule has 3 rings (SSSR count). The molecule has 2 amide bonds. The smallest absolute Gasteiger partial charge is 0.256 e. The predicted molar refractivity (Wildman–Crippen MR) is 101 cm³/mol. The minimum absolute atomic E-state index is 0.125. The first-order valence-corrected chi connectivity index (χ1v) is 8.96. The van der Waals surface area contributed by atoms with E-state index in [4.69, 9.17) is 11.6 Å². The number of amides is 2. The van der Waals surface area contributed by atoms with E-state index in [1.165, 1.54) is 10.6 Å². The molecule has 1 aliphatic heterocycles. The van der Waals surface area contributed by atoms with Crippen molar-refractivity contribution in [1.29, 1.82) is 0 Å². The number of halogens is 1. The van der Waals surface area contributed by atoms with Crippen LogP contribution in [0.25, 0.3) is 0 Å². The van der Waals surface area contributed by atoms with E-state index in [2.05, 4.69) is 5.32 Å². The molecule has 1 aromatic carbocycles. The van der Waals surface area contributed by atoms with E-state index < -0.39 is 0 Å². The normalized spacial score (nSPS) is 13.7. The lowest BCUT2D eigenvalue weighted by Gasteiger charge is -2.18. The number of hydrogen-bond acceptors (Lipinski definition) is 3. The van der Waals surface area contributed by atoms with Crippen molar-refractivity contribution in [2.75, 3.05) is 18.4 Å². The van der Waals surface area contributed by atoms with Gasteiger partial charge in [-0.1, -0.05) is 17.7 Å². The van der Waals surface area contributed by atoms with Gasteiger partial charge in [0.15, 0.2) is 0 Å². The van der Waals surface area contributed by atoms with Gasteiger partial charge in [0, 0.05) is 43.3 Å². The Kier molecular flexibility index (Phi) is 5.73. The zero-order valence-electron chi connectivity index (χ0n) is 14.3. The summed E-state index contributed by atoms with van der Waals surface area (Å²) in [6, 6.07) is 9.70. The molecule has 2 heterocycles. The van der Waals surface area contributed by atoms with Crippen LogP contribution in [0.2, 0.25) is 5.02 Å². The first-order chi connectivity index (χ1) is 12.5. The van der Waals surface area contributed by atoms with Crippen LogP contribution in [-0.2, 0) is 11.3 Å². The zero-order chi connectivity index (χ0) is 18.5. The van der Waals surface area contributed by atoms with Crippen LogP contribution in [0.5, 0.6) is 0 Å². The highest BCUT2D eigenvalue weighted by atomic mass is 35.5. The third-order valence-electron chi connectivity index (χ3n) is 4.36. The number of rotatable bonds is 5. The molecule has 7 heteroatoms. The van der Waals surface area contributed by atoms with Crippen molar-refractivity contribution in [3.8, 4) is 0 Å². The molecule has 1 saturated heterocycles. The van der Waals surface area contributed by atoms with Gasteiger partial charge in [0.25, 0.3) is 11.5 Å². The second-order valence-corrected chi connectivity index (χ2v) is 6.66. The Morgan fingerprint density at radius 1 is 1.12 bits per heavy atom. The second-order valence-electron chi connectivity index (χ2n) is 6.22. The first-order valence-electron chi connectivity index (χ1n) is 8.59. The van der Waals surface area contributed by atoms with E-state index in [1.807, 2.05) is 0 Å². The highest BCUT2D eigenvalue weighted by Crippen LogP contribution is 2.24. The standard InChI is InChI=1S/C19H20ClN3O3/c20-14-6-7-16(15(13-14)19(26)23-10-3-4-11-23)21-17(24)8-12-22-9-2-1-5-18(22)25/h1-2,5-7,9,13H,3-4,8,10-12H2,(H,21,24). The van der Waals surface area contributed by atoms with Crippen LogP contribution in [0.3, 0.4) is 0 Å². The Hall–Kier alpha value is -2.60. The Morgan fingerprint density at radius 2 is 1.88 bits per heavy atom. The van der Waals surface area contributed by atoms with Crippen LogP contribution in [0.1, 0.15) is 29.6 Å². The third kappa shape index (κ3) is 4.32. The van der Waals surface area contributed by atoms with Crippen molar-refractivity contribution in [2.45, 2.75) is 25.8 Å². The maximum absolute atomic E-state index is 12.7. The molecular formula is C19H20ClN3O3. The van der Waals surface area contributed by atoms with E-state index >= 15 is 0 Å². The van der Waals surface area contributed by atoms with Crippen molar-refractivity contribution in [1.82, 2.24) is 9.47 Å². The zero-order valence-corrected chi connectivity index (χ0v) is 15.0. The first kappa shape index (κ1) is 18.2. The highest BCUT2D eigenvalue weighted by molar-refractivity contribution is 6.31. The van der Waals surface area contributed by atoms with Crippen LogP contribution >= 0.6 is 11.6 Å². The largest absolute Gasteiger partial charge is 0.339 e. The number of carbonyl (C=O) groups excluding carboxylic acids is 2. The molecule has 0 atom stereocenters. The fraction of sp³-hybridized carbons (Fsp3) is 0.316. The monoisotopic (exact) mass is 373 g/mol. The van der Waals surface area contributed by atoms with Gasteiger partial charge in [-0.3, -0.25) is 14.4 Å². The van der Waals surface area contributed by atoms with Gasteiger partial charge < -0.3 is 14.8 Å². The summed E-state index contributed by atoms with van der Waals surface area (Å²) < 4.78 is 1.47. The molecule has 0 radical (unpaired) electrons. The van der Waals surface area contributed by atoms with Crippen LogP contribution in [-0.4, -0.2) is 34.4 Å². The number of nitrogens with zero attached hydrogens (tertiary/aromatic N) is 2. The molecule has 0 bridgehead atoms. The van der Waals surface area contributed by atoms with Gasteiger partial charge in [-0.15, -0.1) is 0 Å². The van der Waals surface area contributed by atoms with Crippen LogP contribution in [0, 0.1) is 0 Å². The molecule has 0 unspecified atom stereocenters. The Bertz CT molecular complexity index is 872. The number of carbonyl (C=O) groups is 2. The number of pyridine rings is 1. The lowest BCUT2D eigenvalue weighted by molar-refractivity contribution is -0.116. The summed E-state index contributed by atoms with van der Waals surface area (Å²) in [7, 11) is 0. The highest BCUT2D eigenvalue weighted by Gasteiger charge is 2.22. The molecule has 6 nitrogen and oxygen atoms in total. The van der Waals surface area contributed by atoms with Crippen molar-refractivity contribution in [2.24, 2.45) is 0 Å². The maximum Gasteiger partial charge on any atom is 0.256 e. The summed E-state index contributed by atoms with van der Waals surface area (Å²) in [6.07, 6.45) is 3.74.